The van der Waals surface area contributed by atoms with Crippen LogP contribution in [0.1, 0.15) is 81.9 Å². The van der Waals surface area contributed by atoms with Crippen molar-refractivity contribution in [2.45, 2.75) is 72.1 Å². The number of allylic oxidation sites excluding steroid dienone is 2. The van der Waals surface area contributed by atoms with Crippen molar-refractivity contribution in [2.75, 3.05) is 6.61 Å². The molecule has 0 radical (unpaired) electrons. The minimum absolute atomic E-state index is 0.463. The van der Waals surface area contributed by atoms with Crippen LogP contribution in [0.4, 0.5) is 0 Å². The zero-order valence-electron chi connectivity index (χ0n) is 18.7. The number of fused-ring (bicyclic) bond motifs is 1. The minimum Gasteiger partial charge on any atom is -0.491 e. The van der Waals surface area contributed by atoms with Crippen LogP contribution in [0.5, 0.6) is 0 Å². The molecule has 1 aliphatic carbocycles. The van der Waals surface area contributed by atoms with E-state index >= 15 is 0 Å². The van der Waals surface area contributed by atoms with Crippen molar-refractivity contribution < 1.29 is 4.74 Å². The molecule has 2 aromatic heterocycles. The van der Waals surface area contributed by atoms with Gasteiger partial charge in [-0.25, -0.2) is 4.99 Å². The monoisotopic (exact) mass is 405 g/mol. The highest BCUT2D eigenvalue weighted by molar-refractivity contribution is 6.11. The van der Waals surface area contributed by atoms with Crippen LogP contribution in [0.2, 0.25) is 0 Å². The summed E-state index contributed by atoms with van der Waals surface area (Å²) in [7, 11) is 0. The third kappa shape index (κ3) is 4.19. The molecule has 0 bridgehead atoms. The molecule has 2 aromatic rings. The summed E-state index contributed by atoms with van der Waals surface area (Å²) in [5, 5.41) is 0. The van der Waals surface area contributed by atoms with Crippen LogP contribution in [0.15, 0.2) is 46.9 Å². The van der Waals surface area contributed by atoms with E-state index in [9.17, 15) is 0 Å². The predicted molar refractivity (Wildman–Crippen MR) is 125 cm³/mol. The van der Waals surface area contributed by atoms with Crippen molar-refractivity contribution >= 4 is 11.3 Å². The summed E-state index contributed by atoms with van der Waals surface area (Å²) in [4.78, 5) is 12.2. The smallest absolute Gasteiger partial charge is 0.147 e. The van der Waals surface area contributed by atoms with Crippen molar-refractivity contribution in [3.63, 3.8) is 0 Å². The Kier molecular flexibility index (Phi) is 6.61. The van der Waals surface area contributed by atoms with Crippen molar-refractivity contribution in [3.05, 3.63) is 64.6 Å². The van der Waals surface area contributed by atoms with Crippen molar-refractivity contribution in [3.8, 4) is 0 Å². The Hall–Kier alpha value is -2.49. The van der Waals surface area contributed by atoms with E-state index in [4.69, 9.17) is 9.73 Å². The molecule has 2 N–H and O–H groups in total. The zero-order chi connectivity index (χ0) is 20.9. The summed E-state index contributed by atoms with van der Waals surface area (Å²) in [6.45, 7) is 7.43. The molecule has 4 rings (SSSR count). The second-order valence-corrected chi connectivity index (χ2v) is 8.49. The number of hydrogen-bond donors (Lipinski definition) is 2. The molecule has 1 unspecified atom stereocenters. The van der Waals surface area contributed by atoms with Crippen molar-refractivity contribution in [2.24, 2.45) is 10.9 Å². The number of rotatable bonds is 9. The number of nitrogens with one attached hydrogen (secondary N) is 2. The Morgan fingerprint density at radius 1 is 1.17 bits per heavy atom. The molecule has 0 fully saturated rings. The number of hydrogen-bond acceptors (Lipinski definition) is 2. The fourth-order valence-corrected chi connectivity index (χ4v) is 4.73. The second-order valence-electron chi connectivity index (χ2n) is 8.49. The van der Waals surface area contributed by atoms with Crippen molar-refractivity contribution in [1.82, 2.24) is 9.97 Å². The summed E-state index contributed by atoms with van der Waals surface area (Å²) < 4.78 is 6.23. The van der Waals surface area contributed by atoms with Crippen LogP contribution in [0, 0.1) is 5.92 Å². The third-order valence-electron chi connectivity index (χ3n) is 6.27. The maximum atomic E-state index is 6.23. The van der Waals surface area contributed by atoms with Gasteiger partial charge in [0, 0.05) is 29.2 Å². The predicted octanol–water partition coefficient (Wildman–Crippen LogP) is 6.57. The summed E-state index contributed by atoms with van der Waals surface area (Å²) >= 11 is 0. The highest BCUT2D eigenvalue weighted by atomic mass is 16.5. The number of ether oxygens (including phenoxy) is 1. The Morgan fingerprint density at radius 2 is 2.03 bits per heavy atom. The van der Waals surface area contributed by atoms with Crippen LogP contribution in [0.3, 0.4) is 0 Å². The Labute approximate surface area is 180 Å². The Morgan fingerprint density at radius 3 is 2.73 bits per heavy atom. The van der Waals surface area contributed by atoms with Gasteiger partial charge in [-0.05, 0) is 74.6 Å². The summed E-state index contributed by atoms with van der Waals surface area (Å²) in [5.74, 6) is 1.38. The van der Waals surface area contributed by atoms with E-state index in [-0.39, 0.29) is 0 Å². The fraction of sp³-hybridized carbons (Fsp3) is 0.500. The van der Waals surface area contributed by atoms with E-state index in [1.807, 2.05) is 12.3 Å². The van der Waals surface area contributed by atoms with Gasteiger partial charge in [-0.2, -0.15) is 0 Å². The lowest BCUT2D eigenvalue weighted by Gasteiger charge is -2.21. The topological polar surface area (TPSA) is 53.2 Å². The molecular weight excluding hydrogens is 370 g/mol. The van der Waals surface area contributed by atoms with Gasteiger partial charge in [0.05, 0.1) is 18.0 Å². The third-order valence-corrected chi connectivity index (χ3v) is 6.27. The lowest BCUT2D eigenvalue weighted by Crippen LogP contribution is -2.07. The highest BCUT2D eigenvalue weighted by Crippen LogP contribution is 2.39. The van der Waals surface area contributed by atoms with Gasteiger partial charge in [0.15, 0.2) is 0 Å². The van der Waals surface area contributed by atoms with Crippen molar-refractivity contribution in [1.29, 1.82) is 0 Å². The van der Waals surface area contributed by atoms with Gasteiger partial charge in [0.25, 0.3) is 0 Å². The average molecular weight is 406 g/mol. The summed E-state index contributed by atoms with van der Waals surface area (Å²) in [6, 6.07) is 6.49. The first-order valence-corrected chi connectivity index (χ1v) is 11.8. The summed E-state index contributed by atoms with van der Waals surface area (Å²) in [5.41, 5.74) is 8.52. The number of aryl methyl sites for hydroxylation is 2. The molecule has 160 valence electrons. The van der Waals surface area contributed by atoms with E-state index < -0.39 is 0 Å². The largest absolute Gasteiger partial charge is 0.491 e. The molecule has 0 saturated carbocycles. The number of nitrogens with zero attached hydrogens (tertiary/aromatic N) is 1. The quantitative estimate of drug-likeness (QED) is 0.487. The lowest BCUT2D eigenvalue weighted by atomic mass is 9.87. The molecule has 4 heteroatoms. The molecular formula is C26H35N3O. The first kappa shape index (κ1) is 20.8. The maximum absolute atomic E-state index is 6.23. The molecule has 0 amide bonds. The number of aromatic amines is 2. The SMILES string of the molecule is CCCOC1=CC(c2ccc[nH]2)=N/C1=C(/c1cc2c([nH]1)CCCC2)C(CC)CCC. The zero-order valence-corrected chi connectivity index (χ0v) is 18.7. The molecule has 1 aliphatic heterocycles. The van der Waals surface area contributed by atoms with Gasteiger partial charge in [0.2, 0.25) is 0 Å². The molecule has 1 atom stereocenters. The van der Waals surface area contributed by atoms with Gasteiger partial charge in [-0.1, -0.05) is 27.2 Å². The van der Waals surface area contributed by atoms with E-state index in [1.54, 1.807) is 0 Å². The number of H-pyrrole nitrogens is 2. The molecule has 2 aliphatic rings. The van der Waals surface area contributed by atoms with Crippen LogP contribution < -0.4 is 0 Å². The highest BCUT2D eigenvalue weighted by Gasteiger charge is 2.28. The molecule has 3 heterocycles. The van der Waals surface area contributed by atoms with Crippen LogP contribution >= 0.6 is 0 Å². The van der Waals surface area contributed by atoms with E-state index in [0.29, 0.717) is 12.5 Å². The van der Waals surface area contributed by atoms with Gasteiger partial charge in [-0.15, -0.1) is 0 Å². The molecule has 0 saturated heterocycles. The maximum Gasteiger partial charge on any atom is 0.147 e. The normalized spacial score (nSPS) is 18.6. The number of aliphatic imine (C=N–C) groups is 1. The van der Waals surface area contributed by atoms with Gasteiger partial charge in [-0.3, -0.25) is 0 Å². The average Bonchev–Trinajstić information content (AvgIpc) is 3.51. The van der Waals surface area contributed by atoms with E-state index in [0.717, 1.165) is 55.0 Å². The van der Waals surface area contributed by atoms with Gasteiger partial charge >= 0.3 is 0 Å². The Balaban J connectivity index is 1.85. The summed E-state index contributed by atoms with van der Waals surface area (Å²) in [6.07, 6.45) is 13.4. The molecule has 0 spiro atoms. The first-order chi connectivity index (χ1) is 14.7. The van der Waals surface area contributed by atoms with Crippen LogP contribution in [-0.2, 0) is 17.6 Å². The molecule has 0 aromatic carbocycles. The van der Waals surface area contributed by atoms with Crippen LogP contribution in [-0.4, -0.2) is 22.3 Å². The Bertz CT molecular complexity index is 920. The fourth-order valence-electron chi connectivity index (χ4n) is 4.73. The van der Waals surface area contributed by atoms with E-state index in [1.165, 1.54) is 41.8 Å². The van der Waals surface area contributed by atoms with Gasteiger partial charge < -0.3 is 14.7 Å². The molecule has 30 heavy (non-hydrogen) atoms. The van der Waals surface area contributed by atoms with Crippen LogP contribution in [0.25, 0.3) is 5.57 Å². The second kappa shape index (κ2) is 9.55. The number of aromatic nitrogens is 2. The first-order valence-electron chi connectivity index (χ1n) is 11.8. The lowest BCUT2D eigenvalue weighted by molar-refractivity contribution is 0.221. The molecule has 4 nitrogen and oxygen atoms in total. The minimum atomic E-state index is 0.463. The standard InChI is InChI=1S/C26H35N3O/c1-4-10-18(6-3)25(23-16-19-11-7-8-12-20(19)28-23)26-24(30-15-5-2)17-22(29-26)21-13-9-14-27-21/h9,13-14,16-18,27-28H,4-8,10-12,15H2,1-3H3/b26-25+. The van der Waals surface area contributed by atoms with E-state index in [2.05, 4.69) is 48.9 Å². The van der Waals surface area contributed by atoms with Gasteiger partial charge in [0.1, 0.15) is 11.5 Å².